The predicted octanol–water partition coefficient (Wildman–Crippen LogP) is 8.12. The molecule has 48 heavy (non-hydrogen) atoms. The van der Waals surface area contributed by atoms with Crippen molar-refractivity contribution >= 4 is 10.1 Å². The van der Waals surface area contributed by atoms with Gasteiger partial charge in [-0.15, -0.1) is 0 Å². The average Bonchev–Trinajstić information content (AvgIpc) is 3.09. The lowest BCUT2D eigenvalue weighted by atomic mass is 9.65. The predicted molar refractivity (Wildman–Crippen MR) is 190 cm³/mol. The van der Waals surface area contributed by atoms with Gasteiger partial charge in [0.15, 0.2) is 0 Å². The Balaban J connectivity index is 1.17. The van der Waals surface area contributed by atoms with E-state index >= 15 is 0 Å². The van der Waals surface area contributed by atoms with Gasteiger partial charge in [0.05, 0.1) is 43.3 Å². The van der Waals surface area contributed by atoms with Crippen molar-refractivity contribution in [1.29, 1.82) is 0 Å². The smallest absolute Gasteiger partial charge is 0.297 e. The monoisotopic (exact) mass is 664 g/mol. The largest absolute Gasteiger partial charge is 0.491 e. The van der Waals surface area contributed by atoms with Gasteiger partial charge in [-0.1, -0.05) is 119 Å². The van der Waals surface area contributed by atoms with Gasteiger partial charge in [0.25, 0.3) is 10.1 Å². The van der Waals surface area contributed by atoms with E-state index in [-0.39, 0.29) is 18.1 Å². The summed E-state index contributed by atoms with van der Waals surface area (Å²) in [5, 5.41) is 0. The SMILES string of the molecule is Cc1ccc(C(c2ccc(C)cc2)(c2ccc(C)cc2)c2ccc(OCCOCCOCCOS(=O)(=O)c3ccc(C)cc3)cc2)cc1. The minimum Gasteiger partial charge on any atom is -0.491 e. The fourth-order valence-corrected chi connectivity index (χ4v) is 6.62. The van der Waals surface area contributed by atoms with Crippen LogP contribution in [-0.2, 0) is 29.2 Å². The van der Waals surface area contributed by atoms with Crippen molar-refractivity contribution in [1.82, 2.24) is 0 Å². The van der Waals surface area contributed by atoms with E-state index < -0.39 is 15.5 Å². The molecule has 0 aromatic heterocycles. The van der Waals surface area contributed by atoms with Crippen molar-refractivity contribution in [2.45, 2.75) is 38.0 Å². The summed E-state index contributed by atoms with van der Waals surface area (Å²) in [4.78, 5) is 0.134. The summed E-state index contributed by atoms with van der Waals surface area (Å²) < 4.78 is 46.7. The van der Waals surface area contributed by atoms with Crippen molar-refractivity contribution in [3.05, 3.63) is 166 Å². The van der Waals surface area contributed by atoms with E-state index in [0.29, 0.717) is 26.4 Å². The lowest BCUT2D eigenvalue weighted by molar-refractivity contribution is 0.0279. The Bertz CT molecular complexity index is 1720. The highest BCUT2D eigenvalue weighted by Gasteiger charge is 2.38. The number of benzene rings is 5. The van der Waals surface area contributed by atoms with E-state index in [2.05, 4.69) is 106 Å². The van der Waals surface area contributed by atoms with Gasteiger partial charge < -0.3 is 14.2 Å². The number of hydrogen-bond acceptors (Lipinski definition) is 6. The quantitative estimate of drug-likeness (QED) is 0.0603. The molecule has 0 unspecified atom stereocenters. The van der Waals surface area contributed by atoms with Crippen LogP contribution >= 0.6 is 0 Å². The second-order valence-electron chi connectivity index (χ2n) is 12.0. The summed E-state index contributed by atoms with van der Waals surface area (Å²) in [5.41, 5.74) is 8.86. The van der Waals surface area contributed by atoms with Crippen LogP contribution in [0.4, 0.5) is 0 Å². The lowest BCUT2D eigenvalue weighted by Gasteiger charge is -2.37. The molecule has 7 heteroatoms. The third kappa shape index (κ3) is 8.60. The van der Waals surface area contributed by atoms with Gasteiger partial charge in [-0.05, 0) is 74.2 Å². The van der Waals surface area contributed by atoms with Crippen LogP contribution in [0, 0.1) is 27.7 Å². The van der Waals surface area contributed by atoms with Gasteiger partial charge in [0.2, 0.25) is 0 Å². The molecule has 0 aliphatic carbocycles. The molecule has 250 valence electrons. The zero-order valence-corrected chi connectivity index (χ0v) is 29.0. The highest BCUT2D eigenvalue weighted by atomic mass is 32.2. The number of rotatable bonds is 16. The van der Waals surface area contributed by atoms with Crippen molar-refractivity contribution < 1.29 is 26.8 Å². The molecule has 0 fully saturated rings. The molecule has 6 nitrogen and oxygen atoms in total. The van der Waals surface area contributed by atoms with Crippen molar-refractivity contribution in [3.8, 4) is 5.75 Å². The summed E-state index contributed by atoms with van der Waals surface area (Å²) in [5.74, 6) is 0.760. The number of ether oxygens (including phenoxy) is 3. The minimum atomic E-state index is -3.79. The molecule has 0 spiro atoms. The molecule has 0 aliphatic heterocycles. The molecule has 0 aliphatic rings. The molecule has 5 aromatic rings. The Hall–Kier alpha value is -4.27. The van der Waals surface area contributed by atoms with Crippen LogP contribution in [0.1, 0.15) is 44.5 Å². The van der Waals surface area contributed by atoms with E-state index in [1.807, 2.05) is 19.1 Å². The maximum atomic E-state index is 12.2. The van der Waals surface area contributed by atoms with Crippen LogP contribution in [0.5, 0.6) is 5.75 Å². The molecule has 5 rings (SSSR count). The fraction of sp³-hybridized carbons (Fsp3) is 0.268. The number of hydrogen-bond donors (Lipinski definition) is 0. The Morgan fingerprint density at radius 3 is 1.19 bits per heavy atom. The lowest BCUT2D eigenvalue weighted by Crippen LogP contribution is -2.31. The first kappa shape index (κ1) is 35.0. The van der Waals surface area contributed by atoms with Crippen molar-refractivity contribution in [3.63, 3.8) is 0 Å². The van der Waals surface area contributed by atoms with Gasteiger partial charge in [-0.3, -0.25) is 4.18 Å². The molecule has 0 amide bonds. The van der Waals surface area contributed by atoms with Crippen LogP contribution in [0.15, 0.2) is 126 Å². The highest BCUT2D eigenvalue weighted by Crippen LogP contribution is 2.45. The average molecular weight is 665 g/mol. The molecule has 0 heterocycles. The first-order valence-electron chi connectivity index (χ1n) is 16.2. The van der Waals surface area contributed by atoms with Gasteiger partial charge in [0.1, 0.15) is 12.4 Å². The Morgan fingerprint density at radius 1 is 0.438 bits per heavy atom. The maximum Gasteiger partial charge on any atom is 0.297 e. The van der Waals surface area contributed by atoms with Crippen LogP contribution in [0.25, 0.3) is 0 Å². The van der Waals surface area contributed by atoms with Gasteiger partial charge in [-0.2, -0.15) is 8.42 Å². The van der Waals surface area contributed by atoms with Gasteiger partial charge >= 0.3 is 0 Å². The second-order valence-corrected chi connectivity index (χ2v) is 13.7. The van der Waals surface area contributed by atoms with Crippen LogP contribution in [-0.4, -0.2) is 48.1 Å². The van der Waals surface area contributed by atoms with E-state index in [1.165, 1.54) is 45.5 Å². The minimum absolute atomic E-state index is 0.0612. The van der Waals surface area contributed by atoms with Gasteiger partial charge in [0, 0.05) is 0 Å². The van der Waals surface area contributed by atoms with Crippen molar-refractivity contribution in [2.75, 3.05) is 39.6 Å². The first-order valence-corrected chi connectivity index (χ1v) is 17.7. The van der Waals surface area contributed by atoms with E-state index in [4.69, 9.17) is 18.4 Å². The summed E-state index contributed by atoms with van der Waals surface area (Å²) in [7, 11) is -3.79. The molecule has 0 atom stereocenters. The zero-order valence-electron chi connectivity index (χ0n) is 28.1. The molecule has 0 bridgehead atoms. The third-order valence-electron chi connectivity index (χ3n) is 8.39. The molecule has 0 saturated heterocycles. The Labute approximate surface area is 285 Å². The standard InChI is InChI=1S/C41H44O6S/c1-31-5-13-35(14-6-31)41(36-15-7-32(2)8-16-36,37-17-9-33(3)10-18-37)38-19-21-39(22-20-38)46-29-27-44-25-26-45-28-30-47-48(42,43)40-23-11-34(4)12-24-40/h5-24H,25-30H2,1-4H3. The topological polar surface area (TPSA) is 71.1 Å². The summed E-state index contributed by atoms with van der Waals surface area (Å²) in [6.45, 7) is 9.79. The highest BCUT2D eigenvalue weighted by molar-refractivity contribution is 7.86. The van der Waals surface area contributed by atoms with Crippen LogP contribution in [0.3, 0.4) is 0 Å². The molecule has 0 radical (unpaired) electrons. The van der Waals surface area contributed by atoms with Crippen molar-refractivity contribution in [2.24, 2.45) is 0 Å². The van der Waals surface area contributed by atoms with Gasteiger partial charge in [-0.25, -0.2) is 0 Å². The summed E-state index contributed by atoms with van der Waals surface area (Å²) in [6.07, 6.45) is 0. The maximum absolute atomic E-state index is 12.2. The van der Waals surface area contributed by atoms with E-state index in [0.717, 1.165) is 16.9 Å². The fourth-order valence-electron chi connectivity index (χ4n) is 5.73. The van der Waals surface area contributed by atoms with E-state index in [9.17, 15) is 8.42 Å². The molecule has 5 aromatic carbocycles. The molecular formula is C41H44O6S. The molecule has 0 saturated carbocycles. The Morgan fingerprint density at radius 2 is 0.771 bits per heavy atom. The second kappa shape index (κ2) is 16.2. The third-order valence-corrected chi connectivity index (χ3v) is 9.71. The summed E-state index contributed by atoms with van der Waals surface area (Å²) >= 11 is 0. The molecular weight excluding hydrogens is 621 g/mol. The zero-order chi connectivity index (χ0) is 34.0. The van der Waals surface area contributed by atoms with E-state index in [1.54, 1.807) is 12.1 Å². The molecule has 0 N–H and O–H groups in total. The Kier molecular flexibility index (Phi) is 11.8. The van der Waals surface area contributed by atoms with Crippen LogP contribution < -0.4 is 4.74 Å². The number of aryl methyl sites for hydroxylation is 4. The summed E-state index contributed by atoms with van der Waals surface area (Å²) in [6, 6.07) is 41.4. The normalized spacial score (nSPS) is 11.8. The first-order chi connectivity index (χ1) is 23.2. The van der Waals surface area contributed by atoms with Crippen LogP contribution in [0.2, 0.25) is 0 Å².